The van der Waals surface area contributed by atoms with Crippen LogP contribution < -0.4 is 4.90 Å². The molecule has 5 nitrogen and oxygen atoms in total. The first-order chi connectivity index (χ1) is 8.83. The molecular formula is C13H21N3O2. The molecule has 0 atom stereocenters. The van der Waals surface area contributed by atoms with Crippen molar-refractivity contribution in [3.05, 3.63) is 18.0 Å². The Morgan fingerprint density at radius 1 is 1.33 bits per heavy atom. The number of hydrogen-bond acceptors (Lipinski definition) is 5. The Bertz CT molecular complexity index is 348. The molecule has 1 aromatic heterocycles. The summed E-state index contributed by atoms with van der Waals surface area (Å²) >= 11 is 0. The minimum absolute atomic E-state index is 0.0990. The molecule has 18 heavy (non-hydrogen) atoms. The van der Waals surface area contributed by atoms with Gasteiger partial charge in [0.05, 0.1) is 19.3 Å². The Balaban J connectivity index is 1.84. The Morgan fingerprint density at radius 3 is 2.56 bits per heavy atom. The predicted octanol–water partition coefficient (Wildman–Crippen LogP) is 1.02. The van der Waals surface area contributed by atoms with Crippen LogP contribution in [0.25, 0.3) is 0 Å². The molecule has 1 fully saturated rings. The van der Waals surface area contributed by atoms with Gasteiger partial charge in [-0.25, -0.2) is 9.97 Å². The van der Waals surface area contributed by atoms with Crippen LogP contribution in [-0.2, 0) is 11.2 Å². The molecule has 0 saturated carbocycles. The van der Waals surface area contributed by atoms with Gasteiger partial charge in [-0.15, -0.1) is 0 Å². The second kappa shape index (κ2) is 6.66. The maximum atomic E-state index is 8.72. The fraction of sp³-hybridized carbons (Fsp3) is 0.692. The summed E-state index contributed by atoms with van der Waals surface area (Å²) in [5.41, 5.74) is 1.17. The number of nitrogens with zero attached hydrogens (tertiary/aromatic N) is 3. The molecule has 0 aromatic carbocycles. The van der Waals surface area contributed by atoms with Crippen LogP contribution in [0, 0.1) is 0 Å². The summed E-state index contributed by atoms with van der Waals surface area (Å²) in [6.45, 7) is 4.47. The van der Waals surface area contributed by atoms with E-state index < -0.39 is 0 Å². The molecule has 0 radical (unpaired) electrons. The lowest BCUT2D eigenvalue weighted by Crippen LogP contribution is -2.38. The number of rotatable bonds is 5. The van der Waals surface area contributed by atoms with Crippen LogP contribution in [0.1, 0.15) is 25.3 Å². The highest BCUT2D eigenvalue weighted by molar-refractivity contribution is 5.30. The van der Waals surface area contributed by atoms with E-state index in [1.165, 1.54) is 5.56 Å². The molecule has 1 N–H and O–H groups in total. The van der Waals surface area contributed by atoms with Crippen molar-refractivity contribution < 1.29 is 9.84 Å². The molecule has 5 heteroatoms. The standard InChI is InChI=1S/C13H21N3O2/c1-2-11-9-14-13(15-10-11)16-5-3-12(4-6-16)18-8-7-17/h9-10,12,17H,2-8H2,1H3. The quantitative estimate of drug-likeness (QED) is 0.846. The average Bonchev–Trinajstić information content (AvgIpc) is 2.46. The molecule has 0 bridgehead atoms. The molecule has 1 aliphatic rings. The van der Waals surface area contributed by atoms with Gasteiger partial charge in [-0.3, -0.25) is 0 Å². The second-order valence-electron chi connectivity index (χ2n) is 4.53. The van der Waals surface area contributed by atoms with Crippen molar-refractivity contribution in [2.45, 2.75) is 32.3 Å². The maximum absolute atomic E-state index is 8.72. The van der Waals surface area contributed by atoms with Gasteiger partial charge >= 0.3 is 0 Å². The van der Waals surface area contributed by atoms with Crippen LogP contribution in [0.15, 0.2) is 12.4 Å². The minimum Gasteiger partial charge on any atom is -0.394 e. The zero-order valence-electron chi connectivity index (χ0n) is 10.9. The highest BCUT2D eigenvalue weighted by Gasteiger charge is 2.21. The van der Waals surface area contributed by atoms with Gasteiger partial charge in [0, 0.05) is 25.5 Å². The summed E-state index contributed by atoms with van der Waals surface area (Å²) < 4.78 is 5.54. The molecule has 0 aliphatic carbocycles. The summed E-state index contributed by atoms with van der Waals surface area (Å²) in [4.78, 5) is 11.0. The van der Waals surface area contributed by atoms with E-state index in [9.17, 15) is 0 Å². The molecular weight excluding hydrogens is 230 g/mol. The van der Waals surface area contributed by atoms with Crippen molar-refractivity contribution in [1.29, 1.82) is 0 Å². The lowest BCUT2D eigenvalue weighted by atomic mass is 10.1. The van der Waals surface area contributed by atoms with Crippen molar-refractivity contribution in [1.82, 2.24) is 9.97 Å². The summed E-state index contributed by atoms with van der Waals surface area (Å²) in [5.74, 6) is 0.813. The Morgan fingerprint density at radius 2 is 2.00 bits per heavy atom. The van der Waals surface area contributed by atoms with Gasteiger partial charge in [0.2, 0.25) is 5.95 Å². The fourth-order valence-electron chi connectivity index (χ4n) is 2.14. The van der Waals surface area contributed by atoms with E-state index in [0.29, 0.717) is 6.61 Å². The first kappa shape index (κ1) is 13.2. The third-order valence-corrected chi connectivity index (χ3v) is 3.27. The average molecular weight is 251 g/mol. The van der Waals surface area contributed by atoms with Crippen LogP contribution >= 0.6 is 0 Å². The predicted molar refractivity (Wildman–Crippen MR) is 69.7 cm³/mol. The normalized spacial score (nSPS) is 17.1. The number of aromatic nitrogens is 2. The van der Waals surface area contributed by atoms with Crippen molar-refractivity contribution in [3.8, 4) is 0 Å². The molecule has 0 unspecified atom stereocenters. The number of aliphatic hydroxyl groups is 1. The molecule has 1 saturated heterocycles. The zero-order chi connectivity index (χ0) is 12.8. The monoisotopic (exact) mass is 251 g/mol. The third kappa shape index (κ3) is 3.40. The van der Waals surface area contributed by atoms with Gasteiger partial charge in [0.15, 0.2) is 0 Å². The van der Waals surface area contributed by atoms with E-state index >= 15 is 0 Å². The van der Waals surface area contributed by atoms with Gasteiger partial charge in [-0.1, -0.05) is 6.92 Å². The Hall–Kier alpha value is -1.20. The second-order valence-corrected chi connectivity index (χ2v) is 4.53. The van der Waals surface area contributed by atoms with Crippen LogP contribution in [0.5, 0.6) is 0 Å². The summed E-state index contributed by atoms with van der Waals surface area (Å²) in [6, 6.07) is 0. The lowest BCUT2D eigenvalue weighted by Gasteiger charge is -2.31. The van der Waals surface area contributed by atoms with E-state index in [0.717, 1.165) is 38.3 Å². The largest absolute Gasteiger partial charge is 0.394 e. The molecule has 2 heterocycles. The molecule has 0 spiro atoms. The topological polar surface area (TPSA) is 58.5 Å². The van der Waals surface area contributed by atoms with E-state index in [2.05, 4.69) is 21.8 Å². The highest BCUT2D eigenvalue weighted by Crippen LogP contribution is 2.17. The van der Waals surface area contributed by atoms with Gasteiger partial charge in [-0.05, 0) is 24.8 Å². The third-order valence-electron chi connectivity index (χ3n) is 3.27. The summed E-state index contributed by atoms with van der Waals surface area (Å²) in [5, 5.41) is 8.72. The van der Waals surface area contributed by atoms with Crippen LogP contribution in [0.4, 0.5) is 5.95 Å². The van der Waals surface area contributed by atoms with Gasteiger partial charge in [-0.2, -0.15) is 0 Å². The van der Waals surface area contributed by atoms with Crippen molar-refractivity contribution >= 4 is 5.95 Å². The summed E-state index contributed by atoms with van der Waals surface area (Å²) in [6.07, 6.45) is 6.98. The van der Waals surface area contributed by atoms with Crippen LogP contribution in [-0.4, -0.2) is 47.5 Å². The van der Waals surface area contributed by atoms with Gasteiger partial charge in [0.1, 0.15) is 0 Å². The van der Waals surface area contributed by atoms with Crippen molar-refractivity contribution in [2.75, 3.05) is 31.2 Å². The number of anilines is 1. The number of aliphatic hydroxyl groups excluding tert-OH is 1. The van der Waals surface area contributed by atoms with Crippen LogP contribution in [0.2, 0.25) is 0 Å². The molecule has 1 aromatic rings. The van der Waals surface area contributed by atoms with E-state index in [4.69, 9.17) is 9.84 Å². The Kier molecular flexibility index (Phi) is 4.90. The van der Waals surface area contributed by atoms with E-state index in [1.807, 2.05) is 12.4 Å². The van der Waals surface area contributed by atoms with Crippen LogP contribution in [0.3, 0.4) is 0 Å². The number of hydrogen-bond donors (Lipinski definition) is 1. The van der Waals surface area contributed by atoms with Crippen molar-refractivity contribution in [3.63, 3.8) is 0 Å². The fourth-order valence-corrected chi connectivity index (χ4v) is 2.14. The SMILES string of the molecule is CCc1cnc(N2CCC(OCCO)CC2)nc1. The van der Waals surface area contributed by atoms with Gasteiger partial charge in [0.25, 0.3) is 0 Å². The smallest absolute Gasteiger partial charge is 0.225 e. The lowest BCUT2D eigenvalue weighted by molar-refractivity contribution is 0.0157. The molecule has 2 rings (SSSR count). The van der Waals surface area contributed by atoms with Gasteiger partial charge < -0.3 is 14.7 Å². The molecule has 0 amide bonds. The molecule has 100 valence electrons. The molecule has 1 aliphatic heterocycles. The van der Waals surface area contributed by atoms with Crippen molar-refractivity contribution in [2.24, 2.45) is 0 Å². The van der Waals surface area contributed by atoms with E-state index in [1.54, 1.807) is 0 Å². The number of ether oxygens (including phenoxy) is 1. The highest BCUT2D eigenvalue weighted by atomic mass is 16.5. The first-order valence-electron chi connectivity index (χ1n) is 6.61. The first-order valence-corrected chi connectivity index (χ1v) is 6.61. The summed E-state index contributed by atoms with van der Waals surface area (Å²) in [7, 11) is 0. The minimum atomic E-state index is 0.0990. The maximum Gasteiger partial charge on any atom is 0.225 e. The zero-order valence-corrected chi connectivity index (χ0v) is 10.9. The Labute approximate surface area is 108 Å². The number of aryl methyl sites for hydroxylation is 1. The van der Waals surface area contributed by atoms with E-state index in [-0.39, 0.29) is 12.7 Å². The number of piperidine rings is 1.